The van der Waals surface area contributed by atoms with Crippen LogP contribution in [-0.4, -0.2) is 28.3 Å². The molecule has 7 nitrogen and oxygen atoms in total. The highest BCUT2D eigenvalue weighted by Gasteiger charge is 2.23. The van der Waals surface area contributed by atoms with E-state index in [-0.39, 0.29) is 23.8 Å². The summed E-state index contributed by atoms with van der Waals surface area (Å²) in [6.07, 6.45) is 5.74. The second kappa shape index (κ2) is 9.68. The SMILES string of the molecule is COc1ccc(C)cc1NC(=O)CSc1nc2sc3c(c2c(=O)n1Cc1ccco1)CCCC3. The molecule has 0 saturated heterocycles. The molecule has 0 atom stereocenters. The van der Waals surface area contributed by atoms with E-state index in [1.54, 1.807) is 35.3 Å². The molecular formula is C25H25N3O4S2. The molecule has 9 heteroatoms. The van der Waals surface area contributed by atoms with Gasteiger partial charge in [-0.2, -0.15) is 0 Å². The van der Waals surface area contributed by atoms with Crippen molar-refractivity contribution in [3.8, 4) is 5.75 Å². The molecule has 4 aromatic rings. The van der Waals surface area contributed by atoms with Gasteiger partial charge in [-0.1, -0.05) is 17.8 Å². The lowest BCUT2D eigenvalue weighted by Crippen LogP contribution is -2.25. The van der Waals surface area contributed by atoms with Crippen LogP contribution in [0, 0.1) is 6.92 Å². The normalized spacial score (nSPS) is 13.1. The molecule has 3 heterocycles. The van der Waals surface area contributed by atoms with Gasteiger partial charge in [0.25, 0.3) is 5.56 Å². The van der Waals surface area contributed by atoms with E-state index in [4.69, 9.17) is 14.1 Å². The lowest BCUT2D eigenvalue weighted by atomic mass is 9.97. The first-order valence-corrected chi connectivity index (χ1v) is 13.0. The Labute approximate surface area is 205 Å². The predicted molar refractivity (Wildman–Crippen MR) is 135 cm³/mol. The number of ether oxygens (including phenoxy) is 1. The largest absolute Gasteiger partial charge is 0.495 e. The summed E-state index contributed by atoms with van der Waals surface area (Å²) >= 11 is 2.86. The molecule has 1 aliphatic carbocycles. The van der Waals surface area contributed by atoms with Gasteiger partial charge >= 0.3 is 0 Å². The summed E-state index contributed by atoms with van der Waals surface area (Å²) in [5.74, 6) is 1.18. The number of carbonyl (C=O) groups is 1. The topological polar surface area (TPSA) is 86.4 Å². The standard InChI is InChI=1S/C25H25N3O4S2/c1-15-9-10-19(31-2)18(12-15)26-21(29)14-33-25-27-23-22(17-7-3-4-8-20(17)34-23)24(30)28(25)13-16-6-5-11-32-16/h5-6,9-12H,3-4,7-8,13-14H2,1-2H3,(H,26,29). The monoisotopic (exact) mass is 495 g/mol. The number of carbonyl (C=O) groups excluding carboxylic acids is 1. The molecule has 0 radical (unpaired) electrons. The third kappa shape index (κ3) is 4.50. The molecule has 0 aliphatic heterocycles. The Bertz CT molecular complexity index is 1410. The number of thiophene rings is 1. The highest BCUT2D eigenvalue weighted by Crippen LogP contribution is 2.35. The van der Waals surface area contributed by atoms with E-state index in [1.165, 1.54) is 16.6 Å². The average molecular weight is 496 g/mol. The third-order valence-corrected chi connectivity index (χ3v) is 8.06. The van der Waals surface area contributed by atoms with Crippen molar-refractivity contribution in [2.45, 2.75) is 44.3 Å². The van der Waals surface area contributed by atoms with Gasteiger partial charge in [-0.15, -0.1) is 11.3 Å². The van der Waals surface area contributed by atoms with Gasteiger partial charge < -0.3 is 14.5 Å². The number of anilines is 1. The molecule has 3 aromatic heterocycles. The van der Waals surface area contributed by atoms with E-state index < -0.39 is 0 Å². The number of hydrogen-bond acceptors (Lipinski definition) is 7. The van der Waals surface area contributed by atoms with Crippen molar-refractivity contribution in [2.75, 3.05) is 18.2 Å². The zero-order valence-corrected chi connectivity index (χ0v) is 20.7. The number of nitrogens with zero attached hydrogens (tertiary/aromatic N) is 2. The summed E-state index contributed by atoms with van der Waals surface area (Å²) < 4.78 is 12.5. The summed E-state index contributed by atoms with van der Waals surface area (Å²) in [4.78, 5) is 33.3. The van der Waals surface area contributed by atoms with Gasteiger partial charge in [-0.25, -0.2) is 4.98 Å². The number of aryl methyl sites for hydroxylation is 3. The summed E-state index contributed by atoms with van der Waals surface area (Å²) in [6.45, 7) is 2.23. The number of thioether (sulfide) groups is 1. The van der Waals surface area contributed by atoms with Gasteiger partial charge in [0.2, 0.25) is 5.91 Å². The van der Waals surface area contributed by atoms with Crippen molar-refractivity contribution in [3.05, 3.63) is 68.7 Å². The van der Waals surface area contributed by atoms with E-state index in [1.807, 2.05) is 31.2 Å². The molecule has 176 valence electrons. The minimum Gasteiger partial charge on any atom is -0.495 e. The number of benzene rings is 1. The van der Waals surface area contributed by atoms with Gasteiger partial charge in [-0.05, 0) is 68.0 Å². The van der Waals surface area contributed by atoms with Crippen molar-refractivity contribution in [1.29, 1.82) is 0 Å². The second-order valence-corrected chi connectivity index (χ2v) is 10.3. The van der Waals surface area contributed by atoms with E-state index in [0.717, 1.165) is 47.0 Å². The van der Waals surface area contributed by atoms with Crippen LogP contribution < -0.4 is 15.6 Å². The number of methoxy groups -OCH3 is 1. The van der Waals surface area contributed by atoms with Crippen LogP contribution in [-0.2, 0) is 24.2 Å². The molecule has 1 amide bonds. The fraction of sp³-hybridized carbons (Fsp3) is 0.320. The Hall–Kier alpha value is -3.04. The number of furan rings is 1. The van der Waals surface area contributed by atoms with Crippen LogP contribution in [0.4, 0.5) is 5.69 Å². The summed E-state index contributed by atoms with van der Waals surface area (Å²) in [5.41, 5.74) is 2.72. The van der Waals surface area contributed by atoms with Crippen molar-refractivity contribution in [3.63, 3.8) is 0 Å². The van der Waals surface area contributed by atoms with Crippen molar-refractivity contribution in [2.24, 2.45) is 0 Å². The number of rotatable bonds is 7. The number of nitrogens with one attached hydrogen (secondary N) is 1. The maximum absolute atomic E-state index is 13.6. The van der Waals surface area contributed by atoms with Gasteiger partial charge in [0.05, 0.1) is 36.7 Å². The van der Waals surface area contributed by atoms with E-state index in [9.17, 15) is 9.59 Å². The Morgan fingerprint density at radius 1 is 1.29 bits per heavy atom. The van der Waals surface area contributed by atoms with Crippen LogP contribution in [0.15, 0.2) is 51.0 Å². The average Bonchev–Trinajstić information content (AvgIpc) is 3.47. The first kappa shape index (κ1) is 22.7. The fourth-order valence-corrected chi connectivity index (χ4v) is 6.36. The number of fused-ring (bicyclic) bond motifs is 3. The highest BCUT2D eigenvalue weighted by molar-refractivity contribution is 7.99. The number of hydrogen-bond donors (Lipinski definition) is 1. The van der Waals surface area contributed by atoms with E-state index in [0.29, 0.717) is 22.4 Å². The first-order chi connectivity index (χ1) is 16.5. The second-order valence-electron chi connectivity index (χ2n) is 8.30. The fourth-order valence-electron chi connectivity index (χ4n) is 4.26. The van der Waals surface area contributed by atoms with Crippen molar-refractivity contribution >= 4 is 44.9 Å². The molecule has 1 aliphatic rings. The molecule has 0 bridgehead atoms. The Kier molecular flexibility index (Phi) is 6.47. The summed E-state index contributed by atoms with van der Waals surface area (Å²) in [6, 6.07) is 9.26. The molecule has 0 unspecified atom stereocenters. The molecule has 0 spiro atoms. The molecule has 0 saturated carbocycles. The van der Waals surface area contributed by atoms with Gasteiger partial charge in [0.15, 0.2) is 5.16 Å². The predicted octanol–water partition coefficient (Wildman–Crippen LogP) is 5.03. The Morgan fingerprint density at radius 2 is 2.15 bits per heavy atom. The molecule has 34 heavy (non-hydrogen) atoms. The van der Waals surface area contributed by atoms with Gasteiger partial charge in [0, 0.05) is 4.88 Å². The number of aromatic nitrogens is 2. The van der Waals surface area contributed by atoms with Crippen LogP contribution in [0.3, 0.4) is 0 Å². The highest BCUT2D eigenvalue weighted by atomic mass is 32.2. The van der Waals surface area contributed by atoms with Crippen LogP contribution >= 0.6 is 23.1 Å². The lowest BCUT2D eigenvalue weighted by Gasteiger charge is -2.13. The lowest BCUT2D eigenvalue weighted by molar-refractivity contribution is -0.113. The van der Waals surface area contributed by atoms with Crippen LogP contribution in [0.1, 0.15) is 34.6 Å². The third-order valence-electron chi connectivity index (χ3n) is 5.90. The van der Waals surface area contributed by atoms with Gasteiger partial charge in [0.1, 0.15) is 16.3 Å². The quantitative estimate of drug-likeness (QED) is 0.286. The minimum atomic E-state index is -0.196. The zero-order chi connectivity index (χ0) is 23.7. The van der Waals surface area contributed by atoms with Crippen LogP contribution in [0.2, 0.25) is 0 Å². The molecule has 0 fully saturated rings. The number of amides is 1. The van der Waals surface area contributed by atoms with Crippen LogP contribution in [0.5, 0.6) is 5.75 Å². The summed E-state index contributed by atoms with van der Waals surface area (Å²) in [7, 11) is 1.57. The smallest absolute Gasteiger partial charge is 0.263 e. The van der Waals surface area contributed by atoms with E-state index in [2.05, 4.69) is 5.32 Å². The Balaban J connectivity index is 1.45. The molecular weight excluding hydrogens is 470 g/mol. The van der Waals surface area contributed by atoms with Crippen molar-refractivity contribution < 1.29 is 13.9 Å². The first-order valence-electron chi connectivity index (χ1n) is 11.2. The van der Waals surface area contributed by atoms with Gasteiger partial charge in [-0.3, -0.25) is 14.2 Å². The Morgan fingerprint density at radius 3 is 2.94 bits per heavy atom. The zero-order valence-electron chi connectivity index (χ0n) is 19.1. The maximum atomic E-state index is 13.6. The maximum Gasteiger partial charge on any atom is 0.263 e. The van der Waals surface area contributed by atoms with Crippen molar-refractivity contribution in [1.82, 2.24) is 9.55 Å². The summed E-state index contributed by atoms with van der Waals surface area (Å²) in [5, 5.41) is 4.15. The molecule has 1 N–H and O–H groups in total. The molecule has 5 rings (SSSR count). The van der Waals surface area contributed by atoms with Crippen LogP contribution in [0.25, 0.3) is 10.2 Å². The van der Waals surface area contributed by atoms with E-state index >= 15 is 0 Å². The minimum absolute atomic E-state index is 0.0657. The molecule has 1 aromatic carbocycles.